The summed E-state index contributed by atoms with van der Waals surface area (Å²) < 4.78 is 20.7. The van der Waals surface area contributed by atoms with Gasteiger partial charge in [-0.2, -0.15) is 5.10 Å². The number of ether oxygens (including phenoxy) is 1. The monoisotopic (exact) mass is 444 g/mol. The first-order valence-corrected chi connectivity index (χ1v) is 10.1. The quantitative estimate of drug-likeness (QED) is 0.462. The maximum atomic E-state index is 13.8. The van der Waals surface area contributed by atoms with Gasteiger partial charge in [0.15, 0.2) is 0 Å². The minimum atomic E-state index is -0.923. The largest absolute Gasteiger partial charge is 0.497 e. The Morgan fingerprint density at radius 1 is 1.03 bits per heavy atom. The van der Waals surface area contributed by atoms with Crippen molar-refractivity contribution in [2.75, 3.05) is 12.4 Å². The van der Waals surface area contributed by atoms with E-state index in [9.17, 15) is 14.0 Å². The number of nitrogens with one attached hydrogen (secondary N) is 1. The van der Waals surface area contributed by atoms with Crippen molar-refractivity contribution in [3.63, 3.8) is 0 Å². The molecule has 0 radical (unpaired) electrons. The van der Waals surface area contributed by atoms with Crippen LogP contribution < -0.4 is 15.8 Å². The van der Waals surface area contributed by atoms with E-state index in [0.717, 1.165) is 17.3 Å². The van der Waals surface area contributed by atoms with Crippen LogP contribution in [0.3, 0.4) is 0 Å². The topological polar surface area (TPSA) is 99.2 Å². The van der Waals surface area contributed by atoms with Gasteiger partial charge < -0.3 is 15.8 Å². The lowest BCUT2D eigenvalue weighted by Gasteiger charge is -2.08. The third-order valence-electron chi connectivity index (χ3n) is 5.09. The number of halogens is 1. The molecule has 4 rings (SSSR count). The Morgan fingerprint density at radius 2 is 1.79 bits per heavy atom. The van der Waals surface area contributed by atoms with Crippen molar-refractivity contribution in [1.29, 1.82) is 0 Å². The maximum absolute atomic E-state index is 13.8. The summed E-state index contributed by atoms with van der Waals surface area (Å²) in [6.07, 6.45) is 1.62. The van der Waals surface area contributed by atoms with E-state index in [1.165, 1.54) is 12.1 Å². The molecule has 0 spiro atoms. The van der Waals surface area contributed by atoms with Gasteiger partial charge in [0.2, 0.25) is 0 Å². The molecular weight excluding hydrogens is 423 g/mol. The lowest BCUT2D eigenvalue weighted by atomic mass is 10.1. The number of nitrogens with zero attached hydrogens (tertiary/aromatic N) is 2. The Bertz CT molecular complexity index is 1350. The number of anilines is 1. The second kappa shape index (κ2) is 8.96. The first-order valence-electron chi connectivity index (χ1n) is 10.1. The summed E-state index contributed by atoms with van der Waals surface area (Å²) in [4.78, 5) is 24.7. The molecular formula is C25H21FN4O3. The number of aromatic nitrogens is 2. The number of amides is 2. The van der Waals surface area contributed by atoms with Gasteiger partial charge >= 0.3 is 0 Å². The average molecular weight is 444 g/mol. The van der Waals surface area contributed by atoms with Crippen LogP contribution in [0, 0.1) is 12.7 Å². The van der Waals surface area contributed by atoms with Crippen molar-refractivity contribution in [2.24, 2.45) is 5.73 Å². The Kier molecular flexibility index (Phi) is 5.91. The van der Waals surface area contributed by atoms with Gasteiger partial charge in [0, 0.05) is 17.4 Å². The smallest absolute Gasteiger partial charge is 0.259 e. The van der Waals surface area contributed by atoms with E-state index in [0.29, 0.717) is 17.0 Å². The standard InChI is InChI=1S/C25H21FN4O3/c1-15-6-9-18(10-7-15)30-14-21(23(29-30)16-4-3-5-19(12-16)33-2)25(32)28-17-8-11-22(26)20(13-17)24(27)31/h3-14H,1-2H3,(H2,27,31)(H,28,32). The van der Waals surface area contributed by atoms with E-state index in [1.807, 2.05) is 37.3 Å². The number of nitrogens with two attached hydrogens (primary N) is 1. The highest BCUT2D eigenvalue weighted by atomic mass is 19.1. The molecule has 3 N–H and O–H groups in total. The molecule has 0 saturated carbocycles. The molecule has 0 saturated heterocycles. The average Bonchev–Trinajstić information content (AvgIpc) is 3.26. The van der Waals surface area contributed by atoms with E-state index in [4.69, 9.17) is 10.5 Å². The fourth-order valence-electron chi connectivity index (χ4n) is 3.34. The SMILES string of the molecule is COc1cccc(-c2nn(-c3ccc(C)cc3)cc2C(=O)Nc2ccc(F)c(C(N)=O)c2)c1. The molecule has 1 aromatic heterocycles. The summed E-state index contributed by atoms with van der Waals surface area (Å²) in [5.41, 5.74) is 8.41. The Hall–Kier alpha value is -4.46. The molecule has 0 atom stereocenters. The first kappa shape index (κ1) is 21.8. The molecule has 2 amide bonds. The highest BCUT2D eigenvalue weighted by Crippen LogP contribution is 2.28. The zero-order valence-corrected chi connectivity index (χ0v) is 18.0. The van der Waals surface area contributed by atoms with E-state index < -0.39 is 17.6 Å². The number of hydrogen-bond donors (Lipinski definition) is 2. The molecule has 166 valence electrons. The predicted octanol–water partition coefficient (Wildman–Crippen LogP) is 4.35. The van der Waals surface area contributed by atoms with Crippen LogP contribution in [0.25, 0.3) is 16.9 Å². The molecule has 7 nitrogen and oxygen atoms in total. The highest BCUT2D eigenvalue weighted by Gasteiger charge is 2.20. The second-order valence-corrected chi connectivity index (χ2v) is 7.42. The molecule has 3 aromatic carbocycles. The maximum Gasteiger partial charge on any atom is 0.259 e. The Morgan fingerprint density at radius 3 is 2.48 bits per heavy atom. The molecule has 0 fully saturated rings. The van der Waals surface area contributed by atoms with Crippen molar-refractivity contribution in [2.45, 2.75) is 6.92 Å². The molecule has 4 aromatic rings. The highest BCUT2D eigenvalue weighted by molar-refractivity contribution is 6.08. The van der Waals surface area contributed by atoms with E-state index in [1.54, 1.807) is 36.2 Å². The van der Waals surface area contributed by atoms with Crippen molar-refractivity contribution >= 4 is 17.5 Å². The van der Waals surface area contributed by atoms with E-state index >= 15 is 0 Å². The minimum absolute atomic E-state index is 0.231. The van der Waals surface area contributed by atoms with Gasteiger partial charge in [0.25, 0.3) is 11.8 Å². The molecule has 0 unspecified atom stereocenters. The van der Waals surface area contributed by atoms with Crippen LogP contribution in [-0.2, 0) is 0 Å². The molecule has 1 heterocycles. The van der Waals surface area contributed by atoms with Gasteiger partial charge in [-0.25, -0.2) is 9.07 Å². The van der Waals surface area contributed by atoms with Crippen LogP contribution >= 0.6 is 0 Å². The predicted molar refractivity (Wildman–Crippen MR) is 123 cm³/mol. The summed E-state index contributed by atoms with van der Waals surface area (Å²) in [6, 6.07) is 18.5. The van der Waals surface area contributed by atoms with Crippen molar-refractivity contribution < 1.29 is 18.7 Å². The van der Waals surface area contributed by atoms with Crippen molar-refractivity contribution in [1.82, 2.24) is 9.78 Å². The molecule has 0 aliphatic carbocycles. The number of methoxy groups -OCH3 is 1. The molecule has 8 heteroatoms. The Labute approximate surface area is 189 Å². The van der Waals surface area contributed by atoms with Crippen LogP contribution in [-0.4, -0.2) is 28.7 Å². The zero-order chi connectivity index (χ0) is 23.5. The van der Waals surface area contributed by atoms with E-state index in [2.05, 4.69) is 10.4 Å². The van der Waals surface area contributed by atoms with Gasteiger partial charge in [-0.1, -0.05) is 29.8 Å². The lowest BCUT2D eigenvalue weighted by Crippen LogP contribution is -2.16. The lowest BCUT2D eigenvalue weighted by molar-refractivity contribution is 0.0992. The molecule has 0 aliphatic rings. The number of primary amides is 1. The third-order valence-corrected chi connectivity index (χ3v) is 5.09. The van der Waals surface area contributed by atoms with E-state index in [-0.39, 0.29) is 16.8 Å². The summed E-state index contributed by atoms with van der Waals surface area (Å²) in [6.45, 7) is 1.98. The fraction of sp³-hybridized carbons (Fsp3) is 0.0800. The first-order chi connectivity index (χ1) is 15.9. The minimum Gasteiger partial charge on any atom is -0.497 e. The number of carbonyl (C=O) groups is 2. The van der Waals surface area contributed by atoms with Crippen LogP contribution in [0.4, 0.5) is 10.1 Å². The molecule has 33 heavy (non-hydrogen) atoms. The molecule has 0 aliphatic heterocycles. The van der Waals surface area contributed by atoms with Crippen LogP contribution in [0.5, 0.6) is 5.75 Å². The van der Waals surface area contributed by atoms with Crippen molar-refractivity contribution in [3.05, 3.63) is 95.4 Å². The number of aryl methyl sites for hydroxylation is 1. The number of rotatable bonds is 6. The zero-order valence-electron chi connectivity index (χ0n) is 18.0. The van der Waals surface area contributed by atoms with Crippen molar-refractivity contribution in [3.8, 4) is 22.7 Å². The summed E-state index contributed by atoms with van der Waals surface area (Å²) >= 11 is 0. The van der Waals surface area contributed by atoms with Crippen LogP contribution in [0.1, 0.15) is 26.3 Å². The summed E-state index contributed by atoms with van der Waals surface area (Å²) in [5.74, 6) is -1.54. The number of carbonyl (C=O) groups excluding carboxylic acids is 2. The fourth-order valence-corrected chi connectivity index (χ4v) is 3.34. The summed E-state index contributed by atoms with van der Waals surface area (Å²) in [5, 5.41) is 7.34. The normalized spacial score (nSPS) is 10.6. The Balaban J connectivity index is 1.77. The van der Waals surface area contributed by atoms with Crippen LogP contribution in [0.15, 0.2) is 72.9 Å². The second-order valence-electron chi connectivity index (χ2n) is 7.42. The number of benzene rings is 3. The van der Waals surface area contributed by atoms with Gasteiger partial charge in [0.05, 0.1) is 23.9 Å². The number of hydrogen-bond acceptors (Lipinski definition) is 4. The van der Waals surface area contributed by atoms with Gasteiger partial charge in [-0.3, -0.25) is 9.59 Å². The van der Waals surface area contributed by atoms with Gasteiger partial charge in [-0.15, -0.1) is 0 Å². The molecule has 0 bridgehead atoms. The third kappa shape index (κ3) is 4.59. The van der Waals surface area contributed by atoms with Gasteiger partial charge in [-0.05, 0) is 49.4 Å². The summed E-state index contributed by atoms with van der Waals surface area (Å²) in [7, 11) is 1.56. The van der Waals surface area contributed by atoms with Gasteiger partial charge in [0.1, 0.15) is 17.3 Å². The van der Waals surface area contributed by atoms with Crippen LogP contribution in [0.2, 0.25) is 0 Å².